The summed E-state index contributed by atoms with van der Waals surface area (Å²) in [7, 11) is 0. The highest BCUT2D eigenvalue weighted by atomic mass is 16.7. The normalized spacial score (nSPS) is 29.0. The fourth-order valence-corrected chi connectivity index (χ4v) is 6.33. The molecule has 11 atom stereocenters. The molecule has 2 rings (SSSR count). The molecule has 2 saturated heterocycles. The van der Waals surface area contributed by atoms with Gasteiger partial charge in [0.25, 0.3) is 0 Å². The lowest BCUT2D eigenvalue weighted by molar-refractivity contribution is -0.332. The summed E-state index contributed by atoms with van der Waals surface area (Å²) in [5.41, 5.74) is 0. The van der Waals surface area contributed by atoms with E-state index in [1.54, 1.807) is 0 Å². The maximum absolute atomic E-state index is 12.6. The second kappa shape index (κ2) is 31.8. The lowest BCUT2D eigenvalue weighted by atomic mass is 9.98. The Kier molecular flexibility index (Phi) is 28.5. The van der Waals surface area contributed by atoms with Gasteiger partial charge in [0.05, 0.1) is 26.4 Å². The number of ether oxygens (including phenoxy) is 6. The van der Waals surface area contributed by atoms with Crippen LogP contribution in [0.5, 0.6) is 0 Å². The zero-order valence-corrected chi connectivity index (χ0v) is 34.3. The number of esters is 1. The Morgan fingerprint density at radius 1 is 0.596 bits per heavy atom. The van der Waals surface area contributed by atoms with Crippen LogP contribution in [0, 0.1) is 0 Å². The van der Waals surface area contributed by atoms with Crippen molar-refractivity contribution in [3.8, 4) is 0 Å². The highest BCUT2D eigenvalue weighted by Crippen LogP contribution is 2.26. The molecule has 2 fully saturated rings. The summed E-state index contributed by atoms with van der Waals surface area (Å²) >= 11 is 0. The van der Waals surface area contributed by atoms with Gasteiger partial charge >= 0.3 is 5.97 Å². The number of allylic oxidation sites excluding steroid dienone is 8. The van der Waals surface area contributed by atoms with Gasteiger partial charge in [-0.25, -0.2) is 0 Å². The molecule has 0 aromatic carbocycles. The number of hydrogen-bond donors (Lipinski definition) is 7. The summed E-state index contributed by atoms with van der Waals surface area (Å²) in [5.74, 6) is -0.408. The summed E-state index contributed by atoms with van der Waals surface area (Å²) in [6.45, 7) is 3.33. The van der Waals surface area contributed by atoms with Crippen LogP contribution in [0.2, 0.25) is 0 Å². The molecule has 2 aliphatic rings. The first-order chi connectivity index (χ1) is 27.6. The smallest absolute Gasteiger partial charge is 0.306 e. The minimum atomic E-state index is -1.70. The quantitative estimate of drug-likeness (QED) is 0.0299. The Hall–Kier alpha value is -2.05. The molecule has 0 aromatic heterocycles. The average Bonchev–Trinajstić information content (AvgIpc) is 3.20. The van der Waals surface area contributed by atoms with Crippen molar-refractivity contribution < 1.29 is 69.0 Å². The second-order valence-electron chi connectivity index (χ2n) is 14.8. The van der Waals surface area contributed by atoms with Crippen molar-refractivity contribution in [2.75, 3.05) is 33.0 Å². The van der Waals surface area contributed by atoms with Gasteiger partial charge in [-0.2, -0.15) is 0 Å². The number of aliphatic hydroxyl groups excluding tert-OH is 7. The van der Waals surface area contributed by atoms with Crippen LogP contribution < -0.4 is 0 Å². The van der Waals surface area contributed by atoms with Crippen LogP contribution in [0.4, 0.5) is 0 Å². The number of carbonyl (C=O) groups is 1. The van der Waals surface area contributed by atoms with Crippen LogP contribution in [-0.2, 0) is 33.2 Å². The third kappa shape index (κ3) is 21.2. The Bertz CT molecular complexity index is 1130. The number of aliphatic hydroxyl groups is 7. The fraction of sp³-hybridized carbons (Fsp3) is 0.791. The first-order valence-corrected chi connectivity index (χ1v) is 21.2. The van der Waals surface area contributed by atoms with Crippen molar-refractivity contribution in [2.24, 2.45) is 0 Å². The van der Waals surface area contributed by atoms with Gasteiger partial charge in [-0.05, 0) is 51.4 Å². The zero-order valence-electron chi connectivity index (χ0n) is 34.3. The highest BCUT2D eigenvalue weighted by molar-refractivity contribution is 5.69. The Labute approximate surface area is 340 Å². The van der Waals surface area contributed by atoms with Gasteiger partial charge in [0.1, 0.15) is 54.9 Å². The van der Waals surface area contributed by atoms with Gasteiger partial charge < -0.3 is 64.2 Å². The van der Waals surface area contributed by atoms with Crippen LogP contribution >= 0.6 is 0 Å². The monoisotopic (exact) mass is 815 g/mol. The summed E-state index contributed by atoms with van der Waals surface area (Å²) in [5, 5.41) is 71.4. The Morgan fingerprint density at radius 3 is 1.75 bits per heavy atom. The molecule has 0 spiro atoms. The van der Waals surface area contributed by atoms with Crippen LogP contribution in [0.3, 0.4) is 0 Å². The first-order valence-electron chi connectivity index (χ1n) is 21.2. The van der Waals surface area contributed by atoms with Crippen molar-refractivity contribution >= 4 is 5.97 Å². The van der Waals surface area contributed by atoms with E-state index in [0.717, 1.165) is 64.2 Å². The summed E-state index contributed by atoms with van der Waals surface area (Å²) in [4.78, 5) is 12.6. The van der Waals surface area contributed by atoms with E-state index >= 15 is 0 Å². The average molecular weight is 815 g/mol. The molecule has 2 heterocycles. The number of unbranched alkanes of at least 4 members (excludes halogenated alkanes) is 9. The topological polar surface area (TPSA) is 214 Å². The third-order valence-electron chi connectivity index (χ3n) is 9.85. The number of hydrogen-bond acceptors (Lipinski definition) is 14. The van der Waals surface area contributed by atoms with Gasteiger partial charge in [-0.15, -0.1) is 0 Å². The second-order valence-corrected chi connectivity index (χ2v) is 14.8. The molecule has 0 bridgehead atoms. The van der Waals surface area contributed by atoms with Gasteiger partial charge in [0, 0.05) is 13.0 Å². The van der Waals surface area contributed by atoms with Crippen molar-refractivity contribution in [1.82, 2.24) is 0 Å². The maximum Gasteiger partial charge on any atom is 0.306 e. The van der Waals surface area contributed by atoms with Crippen LogP contribution in [0.1, 0.15) is 117 Å². The summed E-state index contributed by atoms with van der Waals surface area (Å²) in [6.07, 6.45) is 17.2. The summed E-state index contributed by atoms with van der Waals surface area (Å²) in [6, 6.07) is 0. The fourth-order valence-electron chi connectivity index (χ4n) is 6.33. The lowest BCUT2D eigenvalue weighted by Gasteiger charge is -2.42. The Morgan fingerprint density at radius 2 is 1.14 bits per heavy atom. The van der Waals surface area contributed by atoms with Gasteiger partial charge in [-0.1, -0.05) is 107 Å². The van der Waals surface area contributed by atoms with Gasteiger partial charge in [0.15, 0.2) is 12.6 Å². The molecular weight excluding hydrogens is 740 g/mol. The Balaban J connectivity index is 1.69. The van der Waals surface area contributed by atoms with Crippen LogP contribution in [-0.4, -0.2) is 142 Å². The molecular formula is C43H74O14. The highest BCUT2D eigenvalue weighted by Gasteiger charge is 2.47. The lowest BCUT2D eigenvalue weighted by Crippen LogP contribution is -2.61. The molecule has 0 saturated carbocycles. The minimum Gasteiger partial charge on any atom is -0.457 e. The molecule has 330 valence electrons. The molecule has 11 unspecified atom stereocenters. The zero-order chi connectivity index (χ0) is 41.7. The molecule has 14 nitrogen and oxygen atoms in total. The molecule has 0 radical (unpaired) electrons. The van der Waals surface area contributed by atoms with E-state index < -0.39 is 86.7 Å². The van der Waals surface area contributed by atoms with E-state index in [-0.39, 0.29) is 19.6 Å². The maximum atomic E-state index is 12.6. The van der Waals surface area contributed by atoms with E-state index in [1.165, 1.54) is 25.7 Å². The largest absolute Gasteiger partial charge is 0.457 e. The molecule has 0 aliphatic carbocycles. The van der Waals surface area contributed by atoms with Crippen LogP contribution in [0.15, 0.2) is 48.6 Å². The van der Waals surface area contributed by atoms with E-state index in [2.05, 4.69) is 55.5 Å². The van der Waals surface area contributed by atoms with Crippen molar-refractivity contribution in [1.29, 1.82) is 0 Å². The SMILES string of the molecule is CC/C=C\C/C=C\C/C=C\C/C=C\CCCCCCCCCOCC(COC1OC(COC2OC(CO)C(O)C(O)C2O)C(O)C(O)C1O)OC(=O)CCCCC. The predicted molar refractivity (Wildman–Crippen MR) is 215 cm³/mol. The van der Waals surface area contributed by atoms with E-state index in [9.17, 15) is 40.5 Å². The molecule has 0 amide bonds. The minimum absolute atomic E-state index is 0.0501. The molecule has 7 N–H and O–H groups in total. The number of rotatable bonds is 31. The van der Waals surface area contributed by atoms with E-state index in [1.807, 2.05) is 6.92 Å². The summed E-state index contributed by atoms with van der Waals surface area (Å²) < 4.78 is 33.8. The molecule has 2 aliphatic heterocycles. The third-order valence-corrected chi connectivity index (χ3v) is 9.85. The predicted octanol–water partition coefficient (Wildman–Crippen LogP) is 4.06. The molecule has 0 aromatic rings. The molecule has 14 heteroatoms. The van der Waals surface area contributed by atoms with Gasteiger partial charge in [0.2, 0.25) is 0 Å². The van der Waals surface area contributed by atoms with Crippen molar-refractivity contribution in [3.63, 3.8) is 0 Å². The van der Waals surface area contributed by atoms with Crippen molar-refractivity contribution in [2.45, 2.75) is 184 Å². The first kappa shape index (κ1) is 51.1. The molecule has 57 heavy (non-hydrogen) atoms. The standard InChI is InChI=1S/C43H74O14/c1-3-5-7-8-9-10-11-12-13-14-15-16-17-18-19-20-21-22-23-25-27-52-29-32(55-35(45)26-24-6-4-2)30-53-42-41(51)39(49)37(47)34(57-42)31-54-43-40(50)38(48)36(46)33(28-44)56-43/h5,7,9-10,12-13,15-16,32-34,36-44,46-51H,3-4,6,8,11,14,17-31H2,1-2H3/b7-5-,10-9-,13-12-,16-15-. The van der Waals surface area contributed by atoms with E-state index in [4.69, 9.17) is 28.4 Å². The van der Waals surface area contributed by atoms with Crippen molar-refractivity contribution in [3.05, 3.63) is 48.6 Å². The van der Waals surface area contributed by atoms with E-state index in [0.29, 0.717) is 13.0 Å². The number of carbonyl (C=O) groups excluding carboxylic acids is 1. The van der Waals surface area contributed by atoms with Gasteiger partial charge in [-0.3, -0.25) is 4.79 Å². The van der Waals surface area contributed by atoms with Crippen LogP contribution in [0.25, 0.3) is 0 Å².